The number of anilines is 2. The molecule has 0 fully saturated rings. The van der Waals surface area contributed by atoms with Crippen molar-refractivity contribution in [3.63, 3.8) is 0 Å². The van der Waals surface area contributed by atoms with E-state index in [4.69, 9.17) is 9.47 Å². The van der Waals surface area contributed by atoms with Crippen molar-refractivity contribution in [1.82, 2.24) is 0 Å². The van der Waals surface area contributed by atoms with Crippen LogP contribution < -0.4 is 14.5 Å². The number of hydrogen-bond acceptors (Lipinski definition) is 5. The smallest absolute Gasteiger partial charge is 0.340 e. The van der Waals surface area contributed by atoms with Crippen molar-refractivity contribution in [3.05, 3.63) is 79.7 Å². The Bertz CT molecular complexity index is 1250. The van der Waals surface area contributed by atoms with E-state index in [0.717, 1.165) is 63.2 Å². The maximum absolute atomic E-state index is 13.2. The zero-order valence-corrected chi connectivity index (χ0v) is 23.5. The Kier molecular flexibility index (Phi) is 6.34. The van der Waals surface area contributed by atoms with Gasteiger partial charge in [-0.05, 0) is 77.8 Å². The Labute approximate surface area is 223 Å². The third kappa shape index (κ3) is 3.58. The van der Waals surface area contributed by atoms with Crippen LogP contribution in [-0.4, -0.2) is 32.1 Å². The summed E-state index contributed by atoms with van der Waals surface area (Å²) in [6.07, 6.45) is 0. The third-order valence-corrected chi connectivity index (χ3v) is 8.33. The van der Waals surface area contributed by atoms with Crippen molar-refractivity contribution in [2.45, 2.75) is 33.3 Å². The predicted molar refractivity (Wildman–Crippen MR) is 147 cm³/mol. The monoisotopic (exact) mass is 598 g/mol. The van der Waals surface area contributed by atoms with Crippen molar-refractivity contribution in [1.29, 1.82) is 0 Å². The van der Waals surface area contributed by atoms with Gasteiger partial charge in [-0.25, -0.2) is 4.79 Å². The van der Waals surface area contributed by atoms with E-state index in [2.05, 4.69) is 81.5 Å². The predicted octanol–water partition coefficient (Wildman–Crippen LogP) is 7.47. The van der Waals surface area contributed by atoms with Crippen molar-refractivity contribution >= 4 is 49.2 Å². The standard InChI is InChI=1S/C28H28Br2N2O3/c1-5-31(6-2)23-15-25-19(13-21(23)29)28(18-12-10-9-11-17(18)27(33)35-28)20-14-22(30)24(16-26(20)34-25)32(7-3)8-4/h9-16H,5-8H2,1-4H3. The molecule has 0 amide bonds. The molecule has 0 radical (unpaired) electrons. The number of carbonyl (C=O) groups excluding carboxylic acids is 1. The lowest BCUT2D eigenvalue weighted by Crippen LogP contribution is -2.34. The van der Waals surface area contributed by atoms with Crippen LogP contribution in [0.4, 0.5) is 11.4 Å². The molecule has 0 aromatic heterocycles. The van der Waals surface area contributed by atoms with Gasteiger partial charge < -0.3 is 19.3 Å². The summed E-state index contributed by atoms with van der Waals surface area (Å²) in [4.78, 5) is 17.7. The second-order valence-electron chi connectivity index (χ2n) is 8.66. The highest BCUT2D eigenvalue weighted by molar-refractivity contribution is 9.11. The Morgan fingerprint density at radius 2 is 1.23 bits per heavy atom. The lowest BCUT2D eigenvalue weighted by atomic mass is 9.77. The molecule has 2 aliphatic rings. The summed E-state index contributed by atoms with van der Waals surface area (Å²) >= 11 is 7.59. The lowest BCUT2D eigenvalue weighted by Gasteiger charge is -2.38. The van der Waals surface area contributed by atoms with E-state index in [1.54, 1.807) is 0 Å². The fraction of sp³-hybridized carbons (Fsp3) is 0.321. The molecule has 0 unspecified atom stereocenters. The van der Waals surface area contributed by atoms with E-state index in [0.29, 0.717) is 17.1 Å². The van der Waals surface area contributed by atoms with Crippen LogP contribution in [0.1, 0.15) is 54.7 Å². The van der Waals surface area contributed by atoms with Crippen molar-refractivity contribution in [3.8, 4) is 11.5 Å². The van der Waals surface area contributed by atoms with Crippen LogP contribution >= 0.6 is 31.9 Å². The number of hydrogen-bond donors (Lipinski definition) is 0. The number of fused-ring (bicyclic) bond motifs is 6. The van der Waals surface area contributed by atoms with E-state index < -0.39 is 5.60 Å². The number of ether oxygens (including phenoxy) is 2. The fourth-order valence-electron chi connectivity index (χ4n) is 5.30. The van der Waals surface area contributed by atoms with E-state index in [9.17, 15) is 4.79 Å². The van der Waals surface area contributed by atoms with Gasteiger partial charge in [0.25, 0.3) is 0 Å². The molecular weight excluding hydrogens is 572 g/mol. The molecule has 2 heterocycles. The van der Waals surface area contributed by atoms with Gasteiger partial charge in [0.15, 0.2) is 5.60 Å². The highest BCUT2D eigenvalue weighted by Gasteiger charge is 2.54. The molecule has 5 rings (SSSR count). The second kappa shape index (κ2) is 9.17. The average Bonchev–Trinajstić information content (AvgIpc) is 3.16. The number of esters is 1. The summed E-state index contributed by atoms with van der Waals surface area (Å²) in [7, 11) is 0. The molecule has 35 heavy (non-hydrogen) atoms. The van der Waals surface area contributed by atoms with Gasteiger partial charge in [-0.15, -0.1) is 0 Å². The minimum Gasteiger partial charge on any atom is -0.456 e. The van der Waals surface area contributed by atoms with Crippen LogP contribution in [0, 0.1) is 0 Å². The maximum Gasteiger partial charge on any atom is 0.340 e. The zero-order chi connectivity index (χ0) is 24.9. The first kappa shape index (κ1) is 24.2. The summed E-state index contributed by atoms with van der Waals surface area (Å²) in [5, 5.41) is 0. The van der Waals surface area contributed by atoms with Crippen LogP contribution in [0.2, 0.25) is 0 Å². The van der Waals surface area contributed by atoms with Crippen LogP contribution in [0.15, 0.2) is 57.5 Å². The molecule has 1 spiro atoms. The van der Waals surface area contributed by atoms with Crippen molar-refractivity contribution < 1.29 is 14.3 Å². The molecule has 5 nitrogen and oxygen atoms in total. The summed E-state index contributed by atoms with van der Waals surface area (Å²) < 4.78 is 14.8. The van der Waals surface area contributed by atoms with E-state index in [-0.39, 0.29) is 5.97 Å². The van der Waals surface area contributed by atoms with Crippen LogP contribution in [0.3, 0.4) is 0 Å². The Morgan fingerprint density at radius 3 is 1.71 bits per heavy atom. The molecule has 0 aliphatic carbocycles. The summed E-state index contributed by atoms with van der Waals surface area (Å²) in [6.45, 7) is 12.0. The van der Waals surface area contributed by atoms with Gasteiger partial charge >= 0.3 is 5.97 Å². The molecule has 3 aromatic rings. The van der Waals surface area contributed by atoms with Crippen LogP contribution in [-0.2, 0) is 10.3 Å². The third-order valence-electron chi connectivity index (χ3n) is 7.06. The zero-order valence-electron chi connectivity index (χ0n) is 20.3. The number of benzene rings is 3. The van der Waals surface area contributed by atoms with Gasteiger partial charge in [-0.1, -0.05) is 18.2 Å². The SMILES string of the molecule is CCN(CC)c1cc2c(cc1Br)C1(OC(=O)c3ccccc31)c1cc(Br)c(N(CC)CC)cc1O2. The van der Waals surface area contributed by atoms with E-state index >= 15 is 0 Å². The van der Waals surface area contributed by atoms with Gasteiger partial charge in [0.2, 0.25) is 0 Å². The fourth-order valence-corrected chi connectivity index (χ4v) is 6.49. The number of carbonyl (C=O) groups is 1. The molecule has 0 saturated heterocycles. The number of nitrogens with zero attached hydrogens (tertiary/aromatic N) is 2. The average molecular weight is 600 g/mol. The highest BCUT2D eigenvalue weighted by Crippen LogP contribution is 2.58. The van der Waals surface area contributed by atoms with Crippen molar-refractivity contribution in [2.75, 3.05) is 36.0 Å². The summed E-state index contributed by atoms with van der Waals surface area (Å²) in [6, 6.07) is 15.9. The summed E-state index contributed by atoms with van der Waals surface area (Å²) in [5.74, 6) is 1.06. The van der Waals surface area contributed by atoms with Gasteiger partial charge in [-0.2, -0.15) is 0 Å². The maximum atomic E-state index is 13.2. The first-order valence-corrected chi connectivity index (χ1v) is 13.7. The minimum atomic E-state index is -1.09. The molecule has 7 heteroatoms. The molecule has 0 saturated carbocycles. The van der Waals surface area contributed by atoms with Gasteiger partial charge in [-0.3, -0.25) is 0 Å². The molecule has 2 aliphatic heterocycles. The largest absolute Gasteiger partial charge is 0.456 e. The normalized spacial score (nSPS) is 14.6. The molecule has 3 aromatic carbocycles. The molecule has 182 valence electrons. The quantitative estimate of drug-likeness (QED) is 0.275. The second-order valence-corrected chi connectivity index (χ2v) is 10.4. The molecule has 0 N–H and O–H groups in total. The van der Waals surface area contributed by atoms with Crippen molar-refractivity contribution in [2.24, 2.45) is 0 Å². The highest BCUT2D eigenvalue weighted by atomic mass is 79.9. The first-order valence-electron chi connectivity index (χ1n) is 12.1. The van der Waals surface area contributed by atoms with E-state index in [1.165, 1.54) is 0 Å². The van der Waals surface area contributed by atoms with Crippen LogP contribution in [0.25, 0.3) is 0 Å². The van der Waals surface area contributed by atoms with Gasteiger partial charge in [0, 0.05) is 63.9 Å². The molecule has 0 atom stereocenters. The van der Waals surface area contributed by atoms with Gasteiger partial charge in [0.05, 0.1) is 16.9 Å². The summed E-state index contributed by atoms with van der Waals surface area (Å²) in [5.41, 5.74) is 4.05. The molecular formula is C28H28Br2N2O3. The Morgan fingerprint density at radius 1 is 0.743 bits per heavy atom. The first-order chi connectivity index (χ1) is 16.9. The van der Waals surface area contributed by atoms with E-state index in [1.807, 2.05) is 36.4 Å². The number of rotatable bonds is 6. The Hall–Kier alpha value is -2.51. The minimum absolute atomic E-state index is 0.327. The molecule has 0 bridgehead atoms. The van der Waals surface area contributed by atoms with Gasteiger partial charge in [0.1, 0.15) is 11.5 Å². The Balaban J connectivity index is 1.82. The van der Waals surface area contributed by atoms with Crippen LogP contribution in [0.5, 0.6) is 11.5 Å². The number of halogens is 2. The topological polar surface area (TPSA) is 42.0 Å². The lowest BCUT2D eigenvalue weighted by molar-refractivity contribution is 0.0224.